The topological polar surface area (TPSA) is 62.2 Å². The monoisotopic (exact) mass is 407 g/mol. The Morgan fingerprint density at radius 2 is 1.90 bits per heavy atom. The maximum absolute atomic E-state index is 12.6. The average molecular weight is 408 g/mol. The van der Waals surface area contributed by atoms with Crippen LogP contribution in [0.1, 0.15) is 11.3 Å². The van der Waals surface area contributed by atoms with Crippen molar-refractivity contribution < 1.29 is 4.79 Å². The number of aryl methyl sites for hydroxylation is 1. The first kappa shape index (κ1) is 19.3. The largest absolute Gasteiger partial charge is 0.353 e. The molecule has 1 saturated heterocycles. The van der Waals surface area contributed by atoms with Gasteiger partial charge in [-0.25, -0.2) is 9.97 Å². The summed E-state index contributed by atoms with van der Waals surface area (Å²) in [5.74, 6) is 1.69. The number of pyridine rings is 1. The molecule has 29 heavy (non-hydrogen) atoms. The Bertz CT molecular complexity index is 1000. The molecule has 3 aromatic rings. The third kappa shape index (κ3) is 4.71. The van der Waals surface area contributed by atoms with Gasteiger partial charge in [0.05, 0.1) is 6.42 Å². The van der Waals surface area contributed by atoms with Crippen molar-refractivity contribution in [2.45, 2.75) is 13.3 Å². The summed E-state index contributed by atoms with van der Waals surface area (Å²) >= 11 is 6.02. The summed E-state index contributed by atoms with van der Waals surface area (Å²) in [6, 6.07) is 13.3. The molecule has 3 heterocycles. The smallest absolute Gasteiger partial charge is 0.227 e. The molecular formula is C22H22ClN5O. The van der Waals surface area contributed by atoms with E-state index in [-0.39, 0.29) is 5.91 Å². The van der Waals surface area contributed by atoms with Crippen molar-refractivity contribution in [3.05, 3.63) is 71.1 Å². The summed E-state index contributed by atoms with van der Waals surface area (Å²) in [6.07, 6.45) is 3.88. The third-order valence-electron chi connectivity index (χ3n) is 4.96. The predicted octanol–water partition coefficient (Wildman–Crippen LogP) is 3.39. The van der Waals surface area contributed by atoms with Crippen LogP contribution < -0.4 is 4.90 Å². The van der Waals surface area contributed by atoms with Gasteiger partial charge in [0.15, 0.2) is 5.82 Å². The Morgan fingerprint density at radius 3 is 2.62 bits per heavy atom. The van der Waals surface area contributed by atoms with E-state index < -0.39 is 0 Å². The molecule has 2 aromatic heterocycles. The van der Waals surface area contributed by atoms with Crippen molar-refractivity contribution >= 4 is 23.3 Å². The fourth-order valence-corrected chi connectivity index (χ4v) is 3.67. The Kier molecular flexibility index (Phi) is 5.71. The molecule has 1 fully saturated rings. The average Bonchev–Trinajstić information content (AvgIpc) is 2.74. The number of piperazine rings is 1. The molecule has 148 valence electrons. The molecular weight excluding hydrogens is 386 g/mol. The highest BCUT2D eigenvalue weighted by Gasteiger charge is 2.22. The minimum atomic E-state index is 0.127. The van der Waals surface area contributed by atoms with Crippen LogP contribution in [0.15, 0.2) is 54.9 Å². The lowest BCUT2D eigenvalue weighted by molar-refractivity contribution is -0.130. The Hall–Kier alpha value is -2.99. The molecule has 6 nitrogen and oxygen atoms in total. The van der Waals surface area contributed by atoms with E-state index in [2.05, 4.69) is 14.9 Å². The standard InChI is InChI=1S/C22H22ClN5O/c1-16-12-20(26-22(25-16)18-5-3-7-24-15-18)27-8-10-28(11-9-27)21(29)14-17-4-2-6-19(23)13-17/h2-7,12-13,15H,8-11,14H2,1H3. The first-order chi connectivity index (χ1) is 14.1. The predicted molar refractivity (Wildman–Crippen MR) is 114 cm³/mol. The lowest BCUT2D eigenvalue weighted by Crippen LogP contribution is -2.49. The quantitative estimate of drug-likeness (QED) is 0.663. The molecule has 1 amide bonds. The highest BCUT2D eigenvalue weighted by Crippen LogP contribution is 2.21. The zero-order valence-corrected chi connectivity index (χ0v) is 17.0. The summed E-state index contributed by atoms with van der Waals surface area (Å²) in [5, 5.41) is 0.656. The number of carbonyl (C=O) groups excluding carboxylic acids is 1. The molecule has 4 rings (SSSR count). The van der Waals surface area contributed by atoms with Gasteiger partial charge in [-0.05, 0) is 36.8 Å². The second-order valence-electron chi connectivity index (χ2n) is 7.11. The Balaban J connectivity index is 1.42. The Morgan fingerprint density at radius 1 is 1.07 bits per heavy atom. The van der Waals surface area contributed by atoms with Crippen molar-refractivity contribution in [3.63, 3.8) is 0 Å². The summed E-state index contributed by atoms with van der Waals surface area (Å²) in [7, 11) is 0. The van der Waals surface area contributed by atoms with Crippen LogP contribution in [0.3, 0.4) is 0 Å². The molecule has 7 heteroatoms. The van der Waals surface area contributed by atoms with Crippen LogP contribution in [0.4, 0.5) is 5.82 Å². The number of hydrogen-bond acceptors (Lipinski definition) is 5. The number of anilines is 1. The fraction of sp³-hybridized carbons (Fsp3) is 0.273. The third-order valence-corrected chi connectivity index (χ3v) is 5.20. The van der Waals surface area contributed by atoms with Gasteiger partial charge in [-0.3, -0.25) is 9.78 Å². The van der Waals surface area contributed by atoms with Gasteiger partial charge in [0, 0.05) is 60.9 Å². The molecule has 0 unspecified atom stereocenters. The lowest BCUT2D eigenvalue weighted by atomic mass is 10.1. The summed E-state index contributed by atoms with van der Waals surface area (Å²) < 4.78 is 0. The van der Waals surface area contributed by atoms with Crippen molar-refractivity contribution in [1.82, 2.24) is 19.9 Å². The number of halogens is 1. The molecule has 0 saturated carbocycles. The van der Waals surface area contributed by atoms with E-state index in [1.165, 1.54) is 0 Å². The normalized spacial score (nSPS) is 14.1. The highest BCUT2D eigenvalue weighted by molar-refractivity contribution is 6.30. The maximum atomic E-state index is 12.6. The van der Waals surface area contributed by atoms with Gasteiger partial charge in [0.25, 0.3) is 0 Å². The molecule has 0 N–H and O–H groups in total. The first-order valence-corrected chi connectivity index (χ1v) is 9.99. The molecule has 0 spiro atoms. The van der Waals surface area contributed by atoms with E-state index in [0.717, 1.165) is 35.7 Å². The summed E-state index contributed by atoms with van der Waals surface area (Å²) in [6.45, 7) is 4.79. The van der Waals surface area contributed by atoms with Crippen molar-refractivity contribution in [2.75, 3.05) is 31.1 Å². The number of nitrogens with zero attached hydrogens (tertiary/aromatic N) is 5. The van der Waals surface area contributed by atoms with Crippen molar-refractivity contribution in [2.24, 2.45) is 0 Å². The lowest BCUT2D eigenvalue weighted by Gasteiger charge is -2.35. The SMILES string of the molecule is Cc1cc(N2CCN(C(=O)Cc3cccc(Cl)c3)CC2)nc(-c2cccnc2)n1. The van der Waals surface area contributed by atoms with Crippen molar-refractivity contribution in [3.8, 4) is 11.4 Å². The highest BCUT2D eigenvalue weighted by atomic mass is 35.5. The van der Waals surface area contributed by atoms with E-state index in [9.17, 15) is 4.79 Å². The summed E-state index contributed by atoms with van der Waals surface area (Å²) in [4.78, 5) is 30.2. The van der Waals surface area contributed by atoms with E-state index in [1.807, 2.05) is 54.3 Å². The van der Waals surface area contributed by atoms with E-state index in [4.69, 9.17) is 16.6 Å². The van der Waals surface area contributed by atoms with Crippen LogP contribution in [0.5, 0.6) is 0 Å². The van der Waals surface area contributed by atoms with Gasteiger partial charge >= 0.3 is 0 Å². The summed E-state index contributed by atoms with van der Waals surface area (Å²) in [5.41, 5.74) is 2.75. The van der Waals surface area contributed by atoms with Gasteiger partial charge in [-0.1, -0.05) is 23.7 Å². The minimum Gasteiger partial charge on any atom is -0.353 e. The van der Waals surface area contributed by atoms with Gasteiger partial charge in [-0.2, -0.15) is 0 Å². The maximum Gasteiger partial charge on any atom is 0.227 e. The zero-order valence-electron chi connectivity index (χ0n) is 16.3. The van der Waals surface area contributed by atoms with Crippen LogP contribution >= 0.6 is 11.6 Å². The van der Waals surface area contributed by atoms with Gasteiger partial charge < -0.3 is 9.80 Å². The number of rotatable bonds is 4. The van der Waals surface area contributed by atoms with E-state index in [1.54, 1.807) is 12.4 Å². The second kappa shape index (κ2) is 8.57. The minimum absolute atomic E-state index is 0.127. The van der Waals surface area contributed by atoms with Gasteiger partial charge in [0.2, 0.25) is 5.91 Å². The number of aromatic nitrogens is 3. The fourth-order valence-electron chi connectivity index (χ4n) is 3.46. The van der Waals surface area contributed by atoms with Gasteiger partial charge in [0.1, 0.15) is 5.82 Å². The van der Waals surface area contributed by atoms with Crippen LogP contribution in [-0.4, -0.2) is 51.9 Å². The van der Waals surface area contributed by atoms with Crippen molar-refractivity contribution in [1.29, 1.82) is 0 Å². The van der Waals surface area contributed by atoms with Crippen LogP contribution in [-0.2, 0) is 11.2 Å². The number of amides is 1. The van der Waals surface area contributed by atoms with Gasteiger partial charge in [-0.15, -0.1) is 0 Å². The first-order valence-electron chi connectivity index (χ1n) is 9.62. The zero-order chi connectivity index (χ0) is 20.2. The molecule has 0 atom stereocenters. The molecule has 0 radical (unpaired) electrons. The molecule has 1 aromatic carbocycles. The Labute approximate surface area is 175 Å². The number of hydrogen-bond donors (Lipinski definition) is 0. The molecule has 1 aliphatic heterocycles. The number of carbonyl (C=O) groups is 1. The van der Waals surface area contributed by atoms with E-state index in [0.29, 0.717) is 30.4 Å². The molecule has 0 aliphatic carbocycles. The van der Waals surface area contributed by atoms with Crippen LogP contribution in [0.25, 0.3) is 11.4 Å². The number of benzene rings is 1. The second-order valence-corrected chi connectivity index (χ2v) is 7.54. The van der Waals surface area contributed by atoms with Crippen LogP contribution in [0.2, 0.25) is 5.02 Å². The van der Waals surface area contributed by atoms with Crippen LogP contribution in [0, 0.1) is 6.92 Å². The molecule has 1 aliphatic rings. The van der Waals surface area contributed by atoms with E-state index >= 15 is 0 Å². The molecule has 0 bridgehead atoms.